The number of rotatable bonds is 2. The molecule has 4 nitrogen and oxygen atoms in total. The first-order valence-electron chi connectivity index (χ1n) is 7.63. The summed E-state index contributed by atoms with van der Waals surface area (Å²) in [7, 11) is 0. The Hall–Kier alpha value is -1.69. The molecule has 0 atom stereocenters. The van der Waals surface area contributed by atoms with Gasteiger partial charge in [0.05, 0.1) is 40.3 Å². The molecule has 118 valence electrons. The Bertz CT molecular complexity index is 757. The molecule has 1 aromatic carbocycles. The minimum Gasteiger partial charge on any atom is -0.378 e. The summed E-state index contributed by atoms with van der Waals surface area (Å²) in [6.45, 7) is 3.43. The fraction of sp³-hybridized carbons (Fsp3) is 0.294. The van der Waals surface area contributed by atoms with E-state index in [0.717, 1.165) is 53.9 Å². The molecule has 1 saturated heterocycles. The summed E-state index contributed by atoms with van der Waals surface area (Å²) in [4.78, 5) is 7.82. The predicted octanol–water partition coefficient (Wildman–Crippen LogP) is 3.53. The molecule has 0 radical (unpaired) electrons. The summed E-state index contributed by atoms with van der Waals surface area (Å²) in [6, 6.07) is 10.3. The molecule has 0 unspecified atom stereocenters. The number of nitrogens with zero attached hydrogens (tertiary/aromatic N) is 2. The summed E-state index contributed by atoms with van der Waals surface area (Å²) in [5.74, 6) is 0. The first-order valence-corrected chi connectivity index (χ1v) is 8.42. The van der Waals surface area contributed by atoms with Crippen LogP contribution in [0, 0.1) is 0 Å². The molecular weight excluding hydrogens is 330 g/mol. The summed E-state index contributed by atoms with van der Waals surface area (Å²) >= 11 is 11.6. The standard InChI is InChI=1S/C17H16ClN3OS/c18-13-9-14-15(10-16(23)19-14)20-17(13)11-1-3-12(4-2-11)21-5-7-22-8-6-21/h1-4,9H,5-8,10H2,(H,19,23). The molecule has 2 aliphatic heterocycles. The van der Waals surface area contributed by atoms with Crippen molar-refractivity contribution in [2.24, 2.45) is 0 Å². The monoisotopic (exact) mass is 345 g/mol. The SMILES string of the molecule is S=C1Cc2nc(-c3ccc(N4CCOCC4)cc3)c(Cl)cc2N1. The van der Waals surface area contributed by atoms with E-state index >= 15 is 0 Å². The highest BCUT2D eigenvalue weighted by Gasteiger charge is 2.19. The molecule has 2 aromatic rings. The molecule has 0 saturated carbocycles. The lowest BCUT2D eigenvalue weighted by atomic mass is 10.1. The second kappa shape index (κ2) is 6.07. The van der Waals surface area contributed by atoms with Crippen LogP contribution in [-0.4, -0.2) is 36.3 Å². The lowest BCUT2D eigenvalue weighted by Crippen LogP contribution is -2.36. The van der Waals surface area contributed by atoms with Crippen molar-refractivity contribution in [3.63, 3.8) is 0 Å². The molecule has 4 rings (SSSR count). The van der Waals surface area contributed by atoms with E-state index in [1.165, 1.54) is 5.69 Å². The summed E-state index contributed by atoms with van der Waals surface area (Å²) < 4.78 is 5.40. The van der Waals surface area contributed by atoms with E-state index in [4.69, 9.17) is 33.5 Å². The van der Waals surface area contributed by atoms with Gasteiger partial charge in [0.2, 0.25) is 0 Å². The topological polar surface area (TPSA) is 37.4 Å². The van der Waals surface area contributed by atoms with E-state index in [0.29, 0.717) is 11.4 Å². The van der Waals surface area contributed by atoms with Gasteiger partial charge in [-0.25, -0.2) is 4.98 Å². The third-order valence-corrected chi connectivity index (χ3v) is 4.71. The molecule has 23 heavy (non-hydrogen) atoms. The van der Waals surface area contributed by atoms with E-state index in [9.17, 15) is 0 Å². The van der Waals surface area contributed by atoms with E-state index in [1.54, 1.807) is 0 Å². The fourth-order valence-electron chi connectivity index (χ4n) is 2.97. The molecule has 1 fully saturated rings. The maximum atomic E-state index is 6.41. The van der Waals surface area contributed by atoms with Crippen LogP contribution in [-0.2, 0) is 11.2 Å². The fourth-order valence-corrected chi connectivity index (χ4v) is 3.48. The van der Waals surface area contributed by atoms with E-state index < -0.39 is 0 Å². The molecule has 0 bridgehead atoms. The molecule has 0 spiro atoms. The highest BCUT2D eigenvalue weighted by atomic mass is 35.5. The van der Waals surface area contributed by atoms with Crippen LogP contribution >= 0.6 is 23.8 Å². The lowest BCUT2D eigenvalue weighted by Gasteiger charge is -2.28. The molecule has 1 N–H and O–H groups in total. The van der Waals surface area contributed by atoms with E-state index in [1.807, 2.05) is 6.07 Å². The number of hydrogen-bond donors (Lipinski definition) is 1. The van der Waals surface area contributed by atoms with Gasteiger partial charge in [-0.1, -0.05) is 36.0 Å². The Morgan fingerprint density at radius 1 is 1.17 bits per heavy atom. The van der Waals surface area contributed by atoms with Crippen molar-refractivity contribution in [1.29, 1.82) is 0 Å². The van der Waals surface area contributed by atoms with Gasteiger partial charge >= 0.3 is 0 Å². The van der Waals surface area contributed by atoms with Crippen LogP contribution in [0.1, 0.15) is 5.69 Å². The van der Waals surface area contributed by atoms with Crippen LogP contribution in [0.3, 0.4) is 0 Å². The Kier molecular flexibility index (Phi) is 3.93. The average molecular weight is 346 g/mol. The molecule has 1 aromatic heterocycles. The number of benzene rings is 1. The maximum absolute atomic E-state index is 6.41. The quantitative estimate of drug-likeness (QED) is 0.843. The third-order valence-electron chi connectivity index (χ3n) is 4.17. The summed E-state index contributed by atoms with van der Waals surface area (Å²) in [6.07, 6.45) is 0.681. The van der Waals surface area contributed by atoms with Crippen LogP contribution in [0.5, 0.6) is 0 Å². The number of morpholine rings is 1. The average Bonchev–Trinajstić information content (AvgIpc) is 2.94. The van der Waals surface area contributed by atoms with E-state index in [-0.39, 0.29) is 0 Å². The van der Waals surface area contributed by atoms with Crippen molar-refractivity contribution in [1.82, 2.24) is 4.98 Å². The van der Waals surface area contributed by atoms with Crippen molar-refractivity contribution in [3.05, 3.63) is 41.0 Å². The molecule has 3 heterocycles. The minimum absolute atomic E-state index is 0.639. The zero-order chi connectivity index (χ0) is 15.8. The van der Waals surface area contributed by atoms with Crippen molar-refractivity contribution in [2.45, 2.75) is 6.42 Å². The van der Waals surface area contributed by atoms with Crippen LogP contribution < -0.4 is 10.2 Å². The van der Waals surface area contributed by atoms with Crippen LogP contribution in [0.4, 0.5) is 11.4 Å². The number of halogens is 1. The third kappa shape index (κ3) is 2.92. The van der Waals surface area contributed by atoms with Crippen molar-refractivity contribution >= 4 is 40.2 Å². The molecule has 0 amide bonds. The number of hydrogen-bond acceptors (Lipinski definition) is 4. The zero-order valence-electron chi connectivity index (χ0n) is 12.5. The number of ether oxygens (including phenoxy) is 1. The second-order valence-electron chi connectivity index (χ2n) is 5.68. The molecule has 0 aliphatic carbocycles. The highest BCUT2D eigenvalue weighted by Crippen LogP contribution is 2.33. The van der Waals surface area contributed by atoms with Gasteiger partial charge in [0, 0.05) is 30.8 Å². The van der Waals surface area contributed by atoms with Crippen molar-refractivity contribution in [2.75, 3.05) is 36.5 Å². The number of fused-ring (bicyclic) bond motifs is 1. The van der Waals surface area contributed by atoms with Gasteiger partial charge in [-0.15, -0.1) is 0 Å². The lowest BCUT2D eigenvalue weighted by molar-refractivity contribution is 0.122. The van der Waals surface area contributed by atoms with Gasteiger partial charge < -0.3 is 15.0 Å². The molecule has 6 heteroatoms. The predicted molar refractivity (Wildman–Crippen MR) is 97.6 cm³/mol. The van der Waals surface area contributed by atoms with E-state index in [2.05, 4.69) is 34.5 Å². The van der Waals surface area contributed by atoms with Gasteiger partial charge in [0.1, 0.15) is 0 Å². The smallest absolute Gasteiger partial charge is 0.0893 e. The Morgan fingerprint density at radius 2 is 1.91 bits per heavy atom. The Balaban J connectivity index is 1.63. The van der Waals surface area contributed by atoms with Gasteiger partial charge in [-0.05, 0) is 18.2 Å². The van der Waals surface area contributed by atoms with Crippen molar-refractivity contribution < 1.29 is 4.74 Å². The Morgan fingerprint density at radius 3 is 2.65 bits per heavy atom. The van der Waals surface area contributed by atoms with Gasteiger partial charge in [-0.2, -0.15) is 0 Å². The second-order valence-corrected chi connectivity index (χ2v) is 6.58. The van der Waals surface area contributed by atoms with Gasteiger partial charge in [-0.3, -0.25) is 0 Å². The normalized spacial score (nSPS) is 17.1. The molecular formula is C17H16ClN3OS. The highest BCUT2D eigenvalue weighted by molar-refractivity contribution is 7.80. The number of anilines is 2. The summed E-state index contributed by atoms with van der Waals surface area (Å²) in [5, 5.41) is 3.77. The zero-order valence-corrected chi connectivity index (χ0v) is 14.1. The maximum Gasteiger partial charge on any atom is 0.0893 e. The van der Waals surface area contributed by atoms with Crippen LogP contribution in [0.25, 0.3) is 11.3 Å². The Labute approximate surface area is 145 Å². The largest absolute Gasteiger partial charge is 0.378 e. The van der Waals surface area contributed by atoms with Gasteiger partial charge in [0.15, 0.2) is 0 Å². The van der Waals surface area contributed by atoms with Gasteiger partial charge in [0.25, 0.3) is 0 Å². The number of nitrogens with one attached hydrogen (secondary N) is 1. The van der Waals surface area contributed by atoms with Crippen LogP contribution in [0.2, 0.25) is 5.02 Å². The van der Waals surface area contributed by atoms with Crippen LogP contribution in [0.15, 0.2) is 30.3 Å². The minimum atomic E-state index is 0.639. The molecule has 2 aliphatic rings. The first-order chi connectivity index (χ1) is 11.2. The number of pyridine rings is 1. The summed E-state index contributed by atoms with van der Waals surface area (Å²) in [5.41, 5.74) is 4.93. The first kappa shape index (κ1) is 14.9. The van der Waals surface area contributed by atoms with Crippen molar-refractivity contribution in [3.8, 4) is 11.3 Å². The number of thiocarbonyl (C=S) groups is 1. The number of aromatic nitrogens is 1.